The second-order valence-corrected chi connectivity index (χ2v) is 7.80. The number of hydrogen-bond donors (Lipinski definition) is 0. The van der Waals surface area contributed by atoms with Crippen molar-refractivity contribution >= 4 is 5.69 Å². The molecular weight excluding hydrogens is 340 g/mol. The first kappa shape index (κ1) is 18.0. The Kier molecular flexibility index (Phi) is 4.64. The molecule has 0 amide bonds. The first-order chi connectivity index (χ1) is 13.0. The van der Waals surface area contributed by atoms with Crippen molar-refractivity contribution in [1.29, 1.82) is 0 Å². The highest BCUT2D eigenvalue weighted by Crippen LogP contribution is 2.41. The molecule has 0 N–H and O–H groups in total. The van der Waals surface area contributed by atoms with Gasteiger partial charge in [-0.15, -0.1) is 0 Å². The van der Waals surface area contributed by atoms with E-state index in [1.165, 1.54) is 5.56 Å². The number of likely N-dealkylation sites (tertiary alicyclic amines) is 1. The van der Waals surface area contributed by atoms with E-state index in [0.29, 0.717) is 5.56 Å². The highest BCUT2D eigenvalue weighted by atomic mass is 16.6. The first-order valence-corrected chi connectivity index (χ1v) is 9.79. The number of benzene rings is 2. The van der Waals surface area contributed by atoms with Crippen LogP contribution < -0.4 is 4.74 Å². The van der Waals surface area contributed by atoms with Gasteiger partial charge < -0.3 is 9.64 Å². The Morgan fingerprint density at radius 1 is 1.11 bits per heavy atom. The van der Waals surface area contributed by atoms with Crippen molar-refractivity contribution < 1.29 is 9.66 Å². The number of aryl methyl sites for hydroxylation is 2. The minimum Gasteiger partial charge on any atom is -0.487 e. The molecule has 0 aromatic heterocycles. The second kappa shape index (κ2) is 6.97. The normalized spacial score (nSPS) is 18.7. The van der Waals surface area contributed by atoms with Gasteiger partial charge in [-0.3, -0.25) is 10.1 Å². The lowest BCUT2D eigenvalue weighted by molar-refractivity contribution is -0.385. The fraction of sp³-hybridized carbons (Fsp3) is 0.455. The van der Waals surface area contributed by atoms with E-state index in [2.05, 4.69) is 17.9 Å². The van der Waals surface area contributed by atoms with Crippen molar-refractivity contribution in [3.63, 3.8) is 0 Å². The maximum Gasteiger partial charge on any atom is 0.272 e. The Morgan fingerprint density at radius 3 is 2.52 bits per heavy atom. The predicted molar refractivity (Wildman–Crippen MR) is 106 cm³/mol. The van der Waals surface area contributed by atoms with Crippen LogP contribution in [0.1, 0.15) is 37.3 Å². The van der Waals surface area contributed by atoms with Gasteiger partial charge in [0.2, 0.25) is 0 Å². The van der Waals surface area contributed by atoms with Crippen LogP contribution in [-0.4, -0.2) is 35.1 Å². The lowest BCUT2D eigenvalue weighted by Gasteiger charge is -2.44. The van der Waals surface area contributed by atoms with E-state index in [4.69, 9.17) is 4.74 Å². The summed E-state index contributed by atoms with van der Waals surface area (Å²) in [5.74, 6) is 0.983. The number of rotatable bonds is 3. The molecule has 0 saturated carbocycles. The Labute approximate surface area is 160 Å². The fourth-order valence-electron chi connectivity index (χ4n) is 4.32. The highest BCUT2D eigenvalue weighted by Gasteiger charge is 2.39. The van der Waals surface area contributed by atoms with E-state index < -0.39 is 0 Å². The smallest absolute Gasteiger partial charge is 0.272 e. The van der Waals surface area contributed by atoms with Crippen LogP contribution in [0, 0.1) is 17.0 Å². The quantitative estimate of drug-likeness (QED) is 0.581. The molecule has 5 nitrogen and oxygen atoms in total. The van der Waals surface area contributed by atoms with Gasteiger partial charge in [0.15, 0.2) is 0 Å². The number of fused-ring (bicyclic) bond motifs is 1. The van der Waals surface area contributed by atoms with Gasteiger partial charge in [-0.2, -0.15) is 0 Å². The molecule has 27 heavy (non-hydrogen) atoms. The Bertz CT molecular complexity index is 870. The molecule has 2 aliphatic rings. The molecule has 1 fully saturated rings. The Hall–Kier alpha value is -2.40. The van der Waals surface area contributed by atoms with E-state index in [-0.39, 0.29) is 16.2 Å². The summed E-state index contributed by atoms with van der Waals surface area (Å²) in [6.07, 6.45) is 4.23. The first-order valence-electron chi connectivity index (χ1n) is 9.79. The van der Waals surface area contributed by atoms with Crippen molar-refractivity contribution in [1.82, 2.24) is 4.90 Å². The van der Waals surface area contributed by atoms with Crippen molar-refractivity contribution in [2.24, 2.45) is 0 Å². The van der Waals surface area contributed by atoms with Crippen LogP contribution >= 0.6 is 0 Å². The maximum absolute atomic E-state index is 11.2. The summed E-state index contributed by atoms with van der Waals surface area (Å²) < 4.78 is 6.49. The van der Waals surface area contributed by atoms with Crippen molar-refractivity contribution in [2.75, 3.05) is 19.6 Å². The number of ether oxygens (including phenoxy) is 1. The van der Waals surface area contributed by atoms with Gasteiger partial charge in [0, 0.05) is 24.7 Å². The minimum atomic E-state index is -0.313. The summed E-state index contributed by atoms with van der Waals surface area (Å²) in [6, 6.07) is 11.6. The van der Waals surface area contributed by atoms with E-state index >= 15 is 0 Å². The van der Waals surface area contributed by atoms with Crippen LogP contribution in [0.3, 0.4) is 0 Å². The third-order valence-electron chi connectivity index (χ3n) is 6.19. The molecule has 2 aromatic rings. The summed E-state index contributed by atoms with van der Waals surface area (Å²) in [4.78, 5) is 13.4. The van der Waals surface area contributed by atoms with Crippen LogP contribution in [0.2, 0.25) is 0 Å². The van der Waals surface area contributed by atoms with E-state index in [1.807, 2.05) is 24.3 Å². The van der Waals surface area contributed by atoms with E-state index in [0.717, 1.165) is 62.2 Å². The van der Waals surface area contributed by atoms with Gasteiger partial charge >= 0.3 is 0 Å². The molecule has 0 bridgehead atoms. The number of nitro groups is 1. The lowest BCUT2D eigenvalue weighted by Crippen LogP contribution is -2.49. The molecule has 2 aromatic carbocycles. The van der Waals surface area contributed by atoms with Gasteiger partial charge in [-0.05, 0) is 68.0 Å². The van der Waals surface area contributed by atoms with Crippen LogP contribution in [0.5, 0.6) is 5.75 Å². The molecule has 0 radical (unpaired) electrons. The highest BCUT2D eigenvalue weighted by molar-refractivity contribution is 5.69. The maximum atomic E-state index is 11.2. The van der Waals surface area contributed by atoms with Gasteiger partial charge in [0.25, 0.3) is 5.69 Å². The monoisotopic (exact) mass is 366 g/mol. The van der Waals surface area contributed by atoms with E-state index in [1.54, 1.807) is 13.0 Å². The largest absolute Gasteiger partial charge is 0.487 e. The summed E-state index contributed by atoms with van der Waals surface area (Å²) in [5.41, 5.74) is 3.94. The molecule has 0 unspecified atom stereocenters. The fourth-order valence-corrected chi connectivity index (χ4v) is 4.32. The third kappa shape index (κ3) is 3.44. The molecular formula is C22H26N2O3. The van der Waals surface area contributed by atoms with Gasteiger partial charge in [-0.25, -0.2) is 0 Å². The van der Waals surface area contributed by atoms with Gasteiger partial charge in [-0.1, -0.05) is 25.1 Å². The molecule has 142 valence electrons. The zero-order valence-electron chi connectivity index (χ0n) is 16.0. The summed E-state index contributed by atoms with van der Waals surface area (Å²) in [5, 5.41) is 11.2. The average Bonchev–Trinajstić information content (AvgIpc) is 2.68. The van der Waals surface area contributed by atoms with Crippen LogP contribution in [-0.2, 0) is 6.42 Å². The van der Waals surface area contributed by atoms with Crippen LogP contribution in [0.25, 0.3) is 11.1 Å². The molecule has 0 aliphatic carbocycles. The van der Waals surface area contributed by atoms with Crippen molar-refractivity contribution in [2.45, 2.75) is 45.1 Å². The molecule has 1 spiro atoms. The molecule has 4 rings (SSSR count). The second-order valence-electron chi connectivity index (χ2n) is 7.80. The topological polar surface area (TPSA) is 55.6 Å². The standard InChI is InChI=1S/C22H26N2O3/c1-3-23-12-10-22(11-13-23)9-8-19-14-17(6-7-21(19)27-22)18-5-4-16(2)20(15-18)24(25)26/h4-7,14-15H,3,8-13H2,1-2H3. The number of piperidine rings is 1. The van der Waals surface area contributed by atoms with Gasteiger partial charge in [0.1, 0.15) is 11.4 Å². The third-order valence-corrected chi connectivity index (χ3v) is 6.19. The zero-order chi connectivity index (χ0) is 19.0. The summed E-state index contributed by atoms with van der Waals surface area (Å²) in [7, 11) is 0. The number of nitro benzene ring substituents is 1. The van der Waals surface area contributed by atoms with Gasteiger partial charge in [0.05, 0.1) is 4.92 Å². The molecule has 2 heterocycles. The van der Waals surface area contributed by atoms with Crippen molar-refractivity contribution in [3.05, 3.63) is 57.6 Å². The van der Waals surface area contributed by atoms with Crippen LogP contribution in [0.15, 0.2) is 36.4 Å². The molecule has 2 aliphatic heterocycles. The number of hydrogen-bond acceptors (Lipinski definition) is 4. The molecule has 5 heteroatoms. The SMILES string of the molecule is CCN1CCC2(CCc3cc(-c4ccc(C)c([N+](=O)[O-])c4)ccc3O2)CC1. The number of nitrogens with zero attached hydrogens (tertiary/aromatic N) is 2. The average molecular weight is 366 g/mol. The lowest BCUT2D eigenvalue weighted by atomic mass is 9.82. The zero-order valence-corrected chi connectivity index (χ0v) is 16.0. The van der Waals surface area contributed by atoms with E-state index in [9.17, 15) is 10.1 Å². The molecule has 0 atom stereocenters. The minimum absolute atomic E-state index is 0.0111. The Morgan fingerprint density at radius 2 is 1.81 bits per heavy atom. The van der Waals surface area contributed by atoms with Crippen LogP contribution in [0.4, 0.5) is 5.69 Å². The summed E-state index contributed by atoms with van der Waals surface area (Å²) in [6.45, 7) is 7.31. The predicted octanol–water partition coefficient (Wildman–Crippen LogP) is 4.75. The van der Waals surface area contributed by atoms with Crippen molar-refractivity contribution in [3.8, 4) is 16.9 Å². The molecule has 1 saturated heterocycles. The Balaban J connectivity index is 1.58. The summed E-state index contributed by atoms with van der Waals surface area (Å²) >= 11 is 0.